The van der Waals surface area contributed by atoms with Crippen LogP contribution >= 0.6 is 35.2 Å². The standard InChI is InChI=1S/C19H29IN2O2S/c1-12-15(11-25)13(2)17(14(3)16(12)20)21-7-9-22(10-8-21)18(23)24-19(4,5)6/h25H,7-11H2,1-6H3. The molecule has 0 N–H and O–H groups in total. The molecule has 2 rings (SSSR count). The van der Waals surface area contributed by atoms with E-state index < -0.39 is 5.60 Å². The minimum atomic E-state index is -0.448. The fourth-order valence-corrected chi connectivity index (χ4v) is 4.43. The second kappa shape index (κ2) is 7.94. The average molecular weight is 476 g/mol. The van der Waals surface area contributed by atoms with Gasteiger partial charge in [0, 0.05) is 41.2 Å². The first kappa shape index (κ1) is 20.7. The molecule has 1 amide bonds. The number of carbonyl (C=O) groups is 1. The van der Waals surface area contributed by atoms with Crippen LogP contribution in [0.5, 0.6) is 0 Å². The molecule has 1 fully saturated rings. The summed E-state index contributed by atoms with van der Waals surface area (Å²) in [6.45, 7) is 15.3. The molecule has 6 heteroatoms. The Hall–Kier alpha value is -0.630. The lowest BCUT2D eigenvalue weighted by Crippen LogP contribution is -2.50. The molecule has 0 saturated carbocycles. The van der Waals surface area contributed by atoms with Crippen LogP contribution in [0.3, 0.4) is 0 Å². The molecule has 0 bridgehead atoms. The fraction of sp³-hybridized carbons (Fsp3) is 0.632. The lowest BCUT2D eigenvalue weighted by atomic mass is 9.97. The summed E-state index contributed by atoms with van der Waals surface area (Å²) >= 11 is 6.97. The molecule has 0 unspecified atom stereocenters. The van der Waals surface area contributed by atoms with Crippen molar-refractivity contribution in [2.75, 3.05) is 31.1 Å². The van der Waals surface area contributed by atoms with Gasteiger partial charge < -0.3 is 14.5 Å². The Morgan fingerprint density at radius 3 is 2.12 bits per heavy atom. The van der Waals surface area contributed by atoms with Gasteiger partial charge in [-0.15, -0.1) is 0 Å². The second-order valence-electron chi connectivity index (χ2n) is 7.63. The molecule has 1 aliphatic rings. The van der Waals surface area contributed by atoms with Crippen molar-refractivity contribution in [2.45, 2.75) is 52.9 Å². The smallest absolute Gasteiger partial charge is 0.410 e. The quantitative estimate of drug-likeness (QED) is 0.496. The Morgan fingerprint density at radius 1 is 1.08 bits per heavy atom. The summed E-state index contributed by atoms with van der Waals surface area (Å²) in [5.41, 5.74) is 6.16. The molecule has 0 aromatic heterocycles. The van der Waals surface area contributed by atoms with Gasteiger partial charge in [0.25, 0.3) is 0 Å². The Bertz CT molecular complexity index is 663. The number of rotatable bonds is 2. The Labute approximate surface area is 170 Å². The van der Waals surface area contributed by atoms with Crippen LogP contribution in [-0.4, -0.2) is 42.8 Å². The number of piperazine rings is 1. The molecule has 0 aliphatic carbocycles. The first-order valence-corrected chi connectivity index (χ1v) is 10.4. The van der Waals surface area contributed by atoms with Crippen LogP contribution in [0.25, 0.3) is 0 Å². The minimum absolute atomic E-state index is 0.213. The highest BCUT2D eigenvalue weighted by Crippen LogP contribution is 2.35. The molecule has 0 spiro atoms. The van der Waals surface area contributed by atoms with Gasteiger partial charge in [-0.05, 0) is 86.4 Å². The van der Waals surface area contributed by atoms with E-state index in [9.17, 15) is 4.79 Å². The van der Waals surface area contributed by atoms with Crippen LogP contribution in [0, 0.1) is 24.3 Å². The first-order chi connectivity index (χ1) is 11.6. The van der Waals surface area contributed by atoms with Crippen LogP contribution in [0.15, 0.2) is 0 Å². The fourth-order valence-electron chi connectivity index (χ4n) is 3.37. The van der Waals surface area contributed by atoms with Gasteiger partial charge in [-0.3, -0.25) is 0 Å². The second-order valence-corrected chi connectivity index (χ2v) is 9.02. The summed E-state index contributed by atoms with van der Waals surface area (Å²) in [4.78, 5) is 16.5. The monoisotopic (exact) mass is 476 g/mol. The third kappa shape index (κ3) is 4.56. The predicted octanol–water partition coefficient (Wildman–Crippen LogP) is 4.70. The molecule has 140 valence electrons. The molecule has 0 radical (unpaired) electrons. The highest BCUT2D eigenvalue weighted by Gasteiger charge is 2.28. The molecule has 0 atom stereocenters. The number of nitrogens with zero attached hydrogens (tertiary/aromatic N) is 2. The lowest BCUT2D eigenvalue weighted by Gasteiger charge is -2.38. The van der Waals surface area contributed by atoms with Crippen LogP contribution in [0.1, 0.15) is 43.0 Å². The Balaban J connectivity index is 2.19. The number of ether oxygens (including phenoxy) is 1. The highest BCUT2D eigenvalue weighted by molar-refractivity contribution is 14.1. The number of halogens is 1. The van der Waals surface area contributed by atoms with Gasteiger partial charge in [-0.25, -0.2) is 4.79 Å². The molecule has 1 aromatic carbocycles. The summed E-state index contributed by atoms with van der Waals surface area (Å²) in [5.74, 6) is 0.749. The van der Waals surface area contributed by atoms with Crippen molar-refractivity contribution in [2.24, 2.45) is 0 Å². The number of carbonyl (C=O) groups excluding carboxylic acids is 1. The number of hydrogen-bond donors (Lipinski definition) is 1. The van der Waals surface area contributed by atoms with Crippen LogP contribution in [0.2, 0.25) is 0 Å². The lowest BCUT2D eigenvalue weighted by molar-refractivity contribution is 0.0240. The van der Waals surface area contributed by atoms with E-state index in [0.717, 1.165) is 18.8 Å². The maximum absolute atomic E-state index is 12.3. The van der Waals surface area contributed by atoms with E-state index in [-0.39, 0.29) is 6.09 Å². The van der Waals surface area contributed by atoms with Crippen molar-refractivity contribution in [3.05, 3.63) is 25.8 Å². The largest absolute Gasteiger partial charge is 0.444 e. The number of anilines is 1. The van der Waals surface area contributed by atoms with Gasteiger partial charge in [0.1, 0.15) is 5.60 Å². The van der Waals surface area contributed by atoms with Crippen LogP contribution in [-0.2, 0) is 10.5 Å². The maximum atomic E-state index is 12.3. The van der Waals surface area contributed by atoms with Crippen molar-refractivity contribution in [3.63, 3.8) is 0 Å². The summed E-state index contributed by atoms with van der Waals surface area (Å²) in [6, 6.07) is 0. The van der Waals surface area contributed by atoms with Crippen LogP contribution in [0.4, 0.5) is 10.5 Å². The van der Waals surface area contributed by atoms with Crippen molar-refractivity contribution < 1.29 is 9.53 Å². The molecule has 1 aliphatic heterocycles. The third-order valence-electron chi connectivity index (χ3n) is 4.68. The number of thiol groups is 1. The van der Waals surface area contributed by atoms with Gasteiger partial charge in [-0.1, -0.05) is 0 Å². The van der Waals surface area contributed by atoms with E-state index in [4.69, 9.17) is 4.74 Å². The van der Waals surface area contributed by atoms with Gasteiger partial charge in [-0.2, -0.15) is 12.6 Å². The molecule has 1 heterocycles. The van der Waals surface area contributed by atoms with Crippen LogP contribution < -0.4 is 4.90 Å². The van der Waals surface area contributed by atoms with Gasteiger partial charge >= 0.3 is 6.09 Å². The zero-order chi connectivity index (χ0) is 18.9. The average Bonchev–Trinajstić information content (AvgIpc) is 2.52. The molecule has 1 saturated heterocycles. The predicted molar refractivity (Wildman–Crippen MR) is 116 cm³/mol. The SMILES string of the molecule is Cc1c(I)c(C)c(N2CCN(C(=O)OC(C)(C)C)CC2)c(C)c1CS. The topological polar surface area (TPSA) is 32.8 Å². The normalized spacial score (nSPS) is 15.5. The van der Waals surface area contributed by atoms with Crippen molar-refractivity contribution >= 4 is 47.0 Å². The van der Waals surface area contributed by atoms with E-state index >= 15 is 0 Å². The molecule has 4 nitrogen and oxygen atoms in total. The number of amides is 1. The molecule has 25 heavy (non-hydrogen) atoms. The van der Waals surface area contributed by atoms with E-state index in [1.807, 2.05) is 25.7 Å². The number of hydrogen-bond acceptors (Lipinski definition) is 4. The first-order valence-electron chi connectivity index (χ1n) is 8.68. The summed E-state index contributed by atoms with van der Waals surface area (Å²) < 4.78 is 6.81. The zero-order valence-electron chi connectivity index (χ0n) is 16.1. The molecule has 1 aromatic rings. The Morgan fingerprint density at radius 2 is 1.64 bits per heavy atom. The van der Waals surface area contributed by atoms with Gasteiger partial charge in [0.05, 0.1) is 0 Å². The van der Waals surface area contributed by atoms with Gasteiger partial charge in [0.2, 0.25) is 0 Å². The van der Waals surface area contributed by atoms with Gasteiger partial charge in [0.15, 0.2) is 0 Å². The van der Waals surface area contributed by atoms with Crippen molar-refractivity contribution in [1.29, 1.82) is 0 Å². The van der Waals surface area contributed by atoms with E-state index in [2.05, 4.69) is 60.9 Å². The maximum Gasteiger partial charge on any atom is 0.410 e. The number of benzene rings is 1. The van der Waals surface area contributed by atoms with E-state index in [1.165, 1.54) is 31.5 Å². The summed E-state index contributed by atoms with van der Waals surface area (Å²) in [7, 11) is 0. The minimum Gasteiger partial charge on any atom is -0.444 e. The zero-order valence-corrected chi connectivity index (χ0v) is 19.1. The van der Waals surface area contributed by atoms with Crippen molar-refractivity contribution in [1.82, 2.24) is 4.90 Å². The van der Waals surface area contributed by atoms with Crippen molar-refractivity contribution in [3.8, 4) is 0 Å². The summed E-state index contributed by atoms with van der Waals surface area (Å²) in [5, 5.41) is 0. The van der Waals surface area contributed by atoms with E-state index in [0.29, 0.717) is 13.1 Å². The molecular weight excluding hydrogens is 447 g/mol. The van der Waals surface area contributed by atoms with E-state index in [1.54, 1.807) is 0 Å². The third-order valence-corrected chi connectivity index (χ3v) is 6.61. The Kier molecular flexibility index (Phi) is 6.57. The molecular formula is C19H29IN2O2S. The highest BCUT2D eigenvalue weighted by atomic mass is 127. The summed E-state index contributed by atoms with van der Waals surface area (Å²) in [6.07, 6.45) is -0.213.